The topological polar surface area (TPSA) is 90.4 Å². The average Bonchev–Trinajstić information content (AvgIpc) is 3.49. The molecule has 3 aromatic carbocycles. The van der Waals surface area contributed by atoms with Crippen molar-refractivity contribution in [3.8, 4) is 0 Å². The molecule has 3 aliphatic rings. The lowest BCUT2D eigenvalue weighted by Crippen LogP contribution is -2.45. The predicted octanol–water partition coefficient (Wildman–Crippen LogP) is 6.72. The molecule has 1 spiro atoms. The average molecular weight is 686 g/mol. The second-order valence-corrected chi connectivity index (χ2v) is 18.1. The molecule has 8 nitrogen and oxygen atoms in total. The SMILES string of the molecule is C[C@H]1[C@H]([Si](C)(C)F)[C@@H](CC(=O)N(CCO)Cc2ccccc2)O[C@]12C(=O)N(Cc1ccccc1)c1ccc(N3CCCCCCC3=O)cc12. The summed E-state index contributed by atoms with van der Waals surface area (Å²) in [6.45, 7) is 6.25. The Hall–Kier alpha value is -3.86. The van der Waals surface area contributed by atoms with Gasteiger partial charge in [-0.2, -0.15) is 0 Å². The molecule has 0 aliphatic carbocycles. The molecule has 0 saturated carbocycles. The van der Waals surface area contributed by atoms with Crippen LogP contribution in [0.3, 0.4) is 0 Å². The molecule has 10 heteroatoms. The molecule has 260 valence electrons. The summed E-state index contributed by atoms with van der Waals surface area (Å²) in [5.74, 6) is -1.06. The summed E-state index contributed by atoms with van der Waals surface area (Å²) in [6, 6.07) is 25.0. The molecule has 6 rings (SSSR count). The first-order valence-corrected chi connectivity index (χ1v) is 20.6. The summed E-state index contributed by atoms with van der Waals surface area (Å²) in [6.07, 6.45) is 3.32. The van der Waals surface area contributed by atoms with Gasteiger partial charge in [-0.3, -0.25) is 14.4 Å². The number of halogens is 1. The van der Waals surface area contributed by atoms with Gasteiger partial charge >= 0.3 is 0 Å². The van der Waals surface area contributed by atoms with Crippen LogP contribution in [-0.2, 0) is 37.8 Å². The maximum Gasteiger partial charge on any atom is 0.264 e. The zero-order chi connectivity index (χ0) is 34.8. The number of carbonyl (C=O) groups excluding carboxylic acids is 3. The molecule has 49 heavy (non-hydrogen) atoms. The van der Waals surface area contributed by atoms with E-state index in [1.165, 1.54) is 0 Å². The van der Waals surface area contributed by atoms with E-state index in [1.807, 2.05) is 90.7 Å². The minimum atomic E-state index is -3.53. The second-order valence-electron chi connectivity index (χ2n) is 14.3. The summed E-state index contributed by atoms with van der Waals surface area (Å²) in [4.78, 5) is 47.3. The maximum absolute atomic E-state index is 16.5. The van der Waals surface area contributed by atoms with Gasteiger partial charge < -0.3 is 28.7 Å². The number of hydrogen-bond acceptors (Lipinski definition) is 5. The lowest BCUT2D eigenvalue weighted by atomic mass is 9.82. The zero-order valence-corrected chi connectivity index (χ0v) is 29.8. The first kappa shape index (κ1) is 35.0. The van der Waals surface area contributed by atoms with Crippen LogP contribution in [0.1, 0.15) is 62.1 Å². The third-order valence-electron chi connectivity index (χ3n) is 10.6. The van der Waals surface area contributed by atoms with Crippen molar-refractivity contribution in [2.75, 3.05) is 29.5 Å². The first-order chi connectivity index (χ1) is 23.5. The quantitative estimate of drug-likeness (QED) is 0.189. The number of hydrogen-bond donors (Lipinski definition) is 1. The maximum atomic E-state index is 16.5. The van der Waals surface area contributed by atoms with E-state index in [9.17, 15) is 19.5 Å². The number of amides is 3. The molecule has 0 bridgehead atoms. The van der Waals surface area contributed by atoms with Crippen LogP contribution in [0.4, 0.5) is 15.5 Å². The van der Waals surface area contributed by atoms with Crippen molar-refractivity contribution in [2.24, 2.45) is 5.92 Å². The number of aliphatic hydroxyl groups is 1. The number of fused-ring (bicyclic) bond motifs is 2. The van der Waals surface area contributed by atoms with E-state index in [0.717, 1.165) is 36.8 Å². The summed E-state index contributed by atoms with van der Waals surface area (Å²) in [5, 5.41) is 9.84. The molecular formula is C39H48FN3O5Si. The highest BCUT2D eigenvalue weighted by atomic mass is 28.4. The van der Waals surface area contributed by atoms with E-state index in [-0.39, 0.29) is 37.3 Å². The van der Waals surface area contributed by atoms with Crippen LogP contribution < -0.4 is 9.80 Å². The van der Waals surface area contributed by atoms with Gasteiger partial charge in [-0.1, -0.05) is 80.4 Å². The largest absolute Gasteiger partial charge is 0.395 e. The Bertz CT molecular complexity index is 1650. The molecule has 0 aromatic heterocycles. The molecule has 0 radical (unpaired) electrons. The summed E-state index contributed by atoms with van der Waals surface area (Å²) in [5.41, 5.74) is 1.68. The number of anilines is 2. The Kier molecular flexibility index (Phi) is 10.4. The number of carbonyl (C=O) groups is 3. The van der Waals surface area contributed by atoms with Gasteiger partial charge in [-0.15, -0.1) is 0 Å². The molecule has 3 amide bonds. The van der Waals surface area contributed by atoms with Gasteiger partial charge in [0.05, 0.1) is 31.4 Å². The van der Waals surface area contributed by atoms with Gasteiger partial charge in [-0.25, -0.2) is 0 Å². The van der Waals surface area contributed by atoms with Crippen LogP contribution in [0.5, 0.6) is 0 Å². The molecule has 0 unspecified atom stereocenters. The van der Waals surface area contributed by atoms with Crippen molar-refractivity contribution in [2.45, 2.75) is 88.9 Å². The van der Waals surface area contributed by atoms with Gasteiger partial charge in [0.25, 0.3) is 5.91 Å². The van der Waals surface area contributed by atoms with E-state index in [4.69, 9.17) is 4.74 Å². The van der Waals surface area contributed by atoms with Gasteiger partial charge in [-0.05, 0) is 55.3 Å². The first-order valence-electron chi connectivity index (χ1n) is 17.6. The lowest BCUT2D eigenvalue weighted by Gasteiger charge is -2.32. The van der Waals surface area contributed by atoms with E-state index in [1.54, 1.807) is 22.9 Å². The number of nitrogens with zero attached hydrogens (tertiary/aromatic N) is 3. The normalized spacial score (nSPS) is 24.2. The van der Waals surface area contributed by atoms with E-state index >= 15 is 4.11 Å². The molecule has 3 heterocycles. The summed E-state index contributed by atoms with van der Waals surface area (Å²) < 4.78 is 23.5. The highest BCUT2D eigenvalue weighted by Gasteiger charge is 2.67. The number of ether oxygens (including phenoxy) is 1. The number of aliphatic hydroxyl groups excluding tert-OH is 1. The van der Waals surface area contributed by atoms with E-state index in [2.05, 4.69) is 0 Å². The monoisotopic (exact) mass is 685 g/mol. The van der Waals surface area contributed by atoms with Crippen molar-refractivity contribution in [3.05, 3.63) is 95.6 Å². The van der Waals surface area contributed by atoms with Crippen molar-refractivity contribution in [1.82, 2.24) is 4.90 Å². The lowest BCUT2D eigenvalue weighted by molar-refractivity contribution is -0.150. The fraction of sp³-hybridized carbons (Fsp3) is 0.462. The minimum Gasteiger partial charge on any atom is -0.395 e. The van der Waals surface area contributed by atoms with Crippen LogP contribution in [-0.4, -0.2) is 61.9 Å². The molecular weight excluding hydrogens is 638 g/mol. The van der Waals surface area contributed by atoms with Crippen molar-refractivity contribution < 1.29 is 28.3 Å². The summed E-state index contributed by atoms with van der Waals surface area (Å²) in [7, 11) is -3.53. The van der Waals surface area contributed by atoms with E-state index in [0.29, 0.717) is 43.0 Å². The van der Waals surface area contributed by atoms with Gasteiger partial charge in [0.15, 0.2) is 5.60 Å². The van der Waals surface area contributed by atoms with Crippen molar-refractivity contribution in [3.63, 3.8) is 0 Å². The standard InChI is InChI=1S/C39H48FN3O5Si/c1-28-37(49(2,3)40)34(25-36(46)41(22-23-44)26-29-14-8-6-9-15-29)48-39(28)32-24-31(42-21-13-5-4-12-18-35(42)45)19-20-33(32)43(38(39)47)27-30-16-10-7-11-17-30/h6-11,14-17,19-20,24,28,34,37,44H,4-5,12-13,18,21-23,25-27H2,1-3H3/t28-,34+,37-,39+/m0/s1. The molecule has 3 aliphatic heterocycles. The number of benzene rings is 3. The van der Waals surface area contributed by atoms with Gasteiger partial charge in [0.2, 0.25) is 20.2 Å². The number of rotatable bonds is 10. The van der Waals surface area contributed by atoms with Crippen LogP contribution in [0.2, 0.25) is 18.6 Å². The van der Waals surface area contributed by atoms with Crippen LogP contribution in [0, 0.1) is 5.92 Å². The zero-order valence-electron chi connectivity index (χ0n) is 28.8. The molecule has 2 saturated heterocycles. The fourth-order valence-electron chi connectivity index (χ4n) is 8.28. The van der Waals surface area contributed by atoms with Crippen LogP contribution in [0.15, 0.2) is 78.9 Å². The van der Waals surface area contributed by atoms with Crippen LogP contribution >= 0.6 is 0 Å². The Morgan fingerprint density at radius 3 is 2.33 bits per heavy atom. The third kappa shape index (κ3) is 6.96. The van der Waals surface area contributed by atoms with Crippen molar-refractivity contribution in [1.29, 1.82) is 0 Å². The van der Waals surface area contributed by atoms with E-state index < -0.39 is 31.6 Å². The third-order valence-corrected chi connectivity index (χ3v) is 13.0. The Morgan fingerprint density at radius 2 is 1.65 bits per heavy atom. The summed E-state index contributed by atoms with van der Waals surface area (Å²) >= 11 is 0. The predicted molar refractivity (Wildman–Crippen MR) is 191 cm³/mol. The Balaban J connectivity index is 1.40. The highest BCUT2D eigenvalue weighted by molar-refractivity contribution is 6.72. The molecule has 2 fully saturated rings. The second kappa shape index (κ2) is 14.5. The van der Waals surface area contributed by atoms with Gasteiger partial charge in [0.1, 0.15) is 0 Å². The molecule has 3 aromatic rings. The fourth-order valence-corrected chi connectivity index (χ4v) is 10.8. The van der Waals surface area contributed by atoms with Crippen LogP contribution in [0.25, 0.3) is 0 Å². The van der Waals surface area contributed by atoms with Crippen molar-refractivity contribution >= 4 is 37.5 Å². The molecule has 4 atom stereocenters. The molecule has 1 N–H and O–H groups in total. The Morgan fingerprint density at radius 1 is 0.980 bits per heavy atom. The minimum absolute atomic E-state index is 0.0561. The van der Waals surface area contributed by atoms with Gasteiger partial charge in [0, 0.05) is 48.8 Å². The Labute approximate surface area is 290 Å². The highest BCUT2D eigenvalue weighted by Crippen LogP contribution is 2.60. The smallest absolute Gasteiger partial charge is 0.264 e.